The van der Waals surface area contributed by atoms with Crippen LogP contribution in [0.4, 0.5) is 0 Å². The molecule has 0 amide bonds. The Labute approximate surface area is 129 Å². The summed E-state index contributed by atoms with van der Waals surface area (Å²) in [5, 5.41) is 4.65. The molecule has 0 saturated carbocycles. The molecule has 2 aromatic heterocycles. The Morgan fingerprint density at radius 3 is 2.82 bits per heavy atom. The number of nitrogens with zero attached hydrogens (tertiary/aromatic N) is 3. The minimum atomic E-state index is 0.806. The first-order valence-corrected chi connectivity index (χ1v) is 7.52. The predicted molar refractivity (Wildman–Crippen MR) is 85.7 cm³/mol. The highest BCUT2D eigenvalue weighted by Crippen LogP contribution is 2.38. The number of ether oxygens (including phenoxy) is 1. The minimum Gasteiger partial charge on any atom is -0.493 e. The zero-order valence-electron chi connectivity index (χ0n) is 12.5. The Bertz CT molecular complexity index is 808. The van der Waals surface area contributed by atoms with Crippen molar-refractivity contribution in [1.29, 1.82) is 0 Å². The van der Waals surface area contributed by atoms with E-state index in [1.165, 1.54) is 11.1 Å². The molecule has 4 rings (SSSR count). The summed E-state index contributed by atoms with van der Waals surface area (Å²) in [6.07, 6.45) is 7.81. The molecule has 0 unspecified atom stereocenters. The second kappa shape index (κ2) is 5.30. The standard InChI is InChI=1S/C18H17N3O/c1-21-12-16(18(20-21)13-7-9-19-10-8-13)14-4-2-6-17-15(14)5-3-11-22-17/h2,4,6-10,12H,3,5,11H2,1H3. The van der Waals surface area contributed by atoms with E-state index in [2.05, 4.69) is 34.5 Å². The lowest BCUT2D eigenvalue weighted by atomic mass is 9.93. The molecule has 0 radical (unpaired) electrons. The van der Waals surface area contributed by atoms with E-state index in [0.717, 1.165) is 42.0 Å². The van der Waals surface area contributed by atoms with Crippen LogP contribution in [0.25, 0.3) is 22.4 Å². The third kappa shape index (κ3) is 2.17. The fraction of sp³-hybridized carbons (Fsp3) is 0.222. The van der Waals surface area contributed by atoms with Crippen LogP contribution < -0.4 is 4.74 Å². The van der Waals surface area contributed by atoms with Crippen molar-refractivity contribution in [2.24, 2.45) is 7.05 Å². The largest absolute Gasteiger partial charge is 0.493 e. The van der Waals surface area contributed by atoms with E-state index >= 15 is 0 Å². The Hall–Kier alpha value is -2.62. The predicted octanol–water partition coefficient (Wildman–Crippen LogP) is 3.47. The van der Waals surface area contributed by atoms with Gasteiger partial charge in [-0.3, -0.25) is 9.67 Å². The lowest BCUT2D eigenvalue weighted by molar-refractivity contribution is 0.289. The number of hydrogen-bond donors (Lipinski definition) is 0. The third-order valence-electron chi connectivity index (χ3n) is 4.03. The van der Waals surface area contributed by atoms with Crippen molar-refractivity contribution < 1.29 is 4.74 Å². The number of benzene rings is 1. The first-order valence-electron chi connectivity index (χ1n) is 7.52. The highest BCUT2D eigenvalue weighted by atomic mass is 16.5. The lowest BCUT2D eigenvalue weighted by Gasteiger charge is -2.20. The number of hydrogen-bond acceptors (Lipinski definition) is 3. The number of aromatic nitrogens is 3. The van der Waals surface area contributed by atoms with E-state index in [1.807, 2.05) is 23.9 Å². The van der Waals surface area contributed by atoms with Gasteiger partial charge in [-0.2, -0.15) is 5.10 Å². The van der Waals surface area contributed by atoms with Gasteiger partial charge in [0.1, 0.15) is 11.4 Å². The highest BCUT2D eigenvalue weighted by Gasteiger charge is 2.19. The first-order chi connectivity index (χ1) is 10.8. The summed E-state index contributed by atoms with van der Waals surface area (Å²) in [5.74, 6) is 1.01. The van der Waals surface area contributed by atoms with Gasteiger partial charge in [-0.1, -0.05) is 12.1 Å². The van der Waals surface area contributed by atoms with Crippen molar-refractivity contribution in [3.05, 3.63) is 54.5 Å². The molecule has 0 aliphatic carbocycles. The van der Waals surface area contributed by atoms with E-state index in [9.17, 15) is 0 Å². The molecule has 1 aromatic carbocycles. The minimum absolute atomic E-state index is 0.806. The monoisotopic (exact) mass is 291 g/mol. The number of pyridine rings is 1. The maximum Gasteiger partial charge on any atom is 0.123 e. The molecule has 3 heterocycles. The van der Waals surface area contributed by atoms with Gasteiger partial charge in [0.05, 0.1) is 6.61 Å². The molecule has 0 N–H and O–H groups in total. The van der Waals surface area contributed by atoms with Gasteiger partial charge in [-0.05, 0) is 36.6 Å². The molecular weight excluding hydrogens is 274 g/mol. The first kappa shape index (κ1) is 13.1. The van der Waals surface area contributed by atoms with Crippen molar-refractivity contribution in [3.8, 4) is 28.1 Å². The summed E-state index contributed by atoms with van der Waals surface area (Å²) >= 11 is 0. The Morgan fingerprint density at radius 1 is 1.09 bits per heavy atom. The fourth-order valence-electron chi connectivity index (χ4n) is 3.05. The molecule has 1 aliphatic heterocycles. The van der Waals surface area contributed by atoms with Crippen LogP contribution in [0.15, 0.2) is 48.9 Å². The van der Waals surface area contributed by atoms with Crippen LogP contribution in [0.1, 0.15) is 12.0 Å². The molecular formula is C18H17N3O. The van der Waals surface area contributed by atoms with Crippen molar-refractivity contribution >= 4 is 0 Å². The van der Waals surface area contributed by atoms with Gasteiger partial charge in [0, 0.05) is 42.3 Å². The summed E-state index contributed by atoms with van der Waals surface area (Å²) in [6, 6.07) is 10.3. The second-order valence-corrected chi connectivity index (χ2v) is 5.54. The molecule has 0 saturated heterocycles. The van der Waals surface area contributed by atoms with Crippen LogP contribution in [0.3, 0.4) is 0 Å². The van der Waals surface area contributed by atoms with Crippen LogP contribution in [0, 0.1) is 0 Å². The van der Waals surface area contributed by atoms with Gasteiger partial charge in [0.25, 0.3) is 0 Å². The molecule has 4 nitrogen and oxygen atoms in total. The van der Waals surface area contributed by atoms with Crippen LogP contribution in [0.2, 0.25) is 0 Å². The second-order valence-electron chi connectivity index (χ2n) is 5.54. The molecule has 0 bridgehead atoms. The van der Waals surface area contributed by atoms with Gasteiger partial charge in [-0.15, -0.1) is 0 Å². The Balaban J connectivity index is 1.91. The van der Waals surface area contributed by atoms with E-state index in [1.54, 1.807) is 12.4 Å². The summed E-state index contributed by atoms with van der Waals surface area (Å²) < 4.78 is 7.67. The van der Waals surface area contributed by atoms with Gasteiger partial charge in [-0.25, -0.2) is 0 Å². The van der Waals surface area contributed by atoms with Crippen molar-refractivity contribution in [1.82, 2.24) is 14.8 Å². The van der Waals surface area contributed by atoms with Gasteiger partial charge in [0.15, 0.2) is 0 Å². The average molecular weight is 291 g/mol. The van der Waals surface area contributed by atoms with E-state index in [0.29, 0.717) is 0 Å². The van der Waals surface area contributed by atoms with Gasteiger partial charge < -0.3 is 4.74 Å². The molecule has 0 spiro atoms. The normalized spacial score (nSPS) is 13.5. The highest BCUT2D eigenvalue weighted by molar-refractivity contribution is 5.83. The molecule has 110 valence electrons. The third-order valence-corrected chi connectivity index (χ3v) is 4.03. The molecule has 3 aromatic rings. The molecule has 0 fully saturated rings. The quantitative estimate of drug-likeness (QED) is 0.726. The average Bonchev–Trinajstić information content (AvgIpc) is 2.97. The summed E-state index contributed by atoms with van der Waals surface area (Å²) in [7, 11) is 1.96. The van der Waals surface area contributed by atoms with Crippen LogP contribution >= 0.6 is 0 Å². The zero-order chi connectivity index (χ0) is 14.9. The van der Waals surface area contributed by atoms with Crippen molar-refractivity contribution in [3.63, 3.8) is 0 Å². The van der Waals surface area contributed by atoms with Crippen molar-refractivity contribution in [2.75, 3.05) is 6.61 Å². The van der Waals surface area contributed by atoms with E-state index in [4.69, 9.17) is 4.74 Å². The number of rotatable bonds is 2. The molecule has 1 aliphatic rings. The fourth-order valence-corrected chi connectivity index (χ4v) is 3.05. The topological polar surface area (TPSA) is 39.9 Å². The Kier molecular flexibility index (Phi) is 3.15. The number of aryl methyl sites for hydroxylation is 1. The van der Waals surface area contributed by atoms with Gasteiger partial charge in [0.2, 0.25) is 0 Å². The lowest BCUT2D eigenvalue weighted by Crippen LogP contribution is -2.09. The molecule has 0 atom stereocenters. The number of fused-ring (bicyclic) bond motifs is 1. The van der Waals surface area contributed by atoms with Crippen LogP contribution in [-0.2, 0) is 13.5 Å². The summed E-state index contributed by atoms with van der Waals surface area (Å²) in [4.78, 5) is 4.10. The summed E-state index contributed by atoms with van der Waals surface area (Å²) in [5.41, 5.74) is 5.73. The maximum atomic E-state index is 5.80. The van der Waals surface area contributed by atoms with E-state index < -0.39 is 0 Å². The van der Waals surface area contributed by atoms with Crippen molar-refractivity contribution in [2.45, 2.75) is 12.8 Å². The molecule has 4 heteroatoms. The smallest absolute Gasteiger partial charge is 0.123 e. The Morgan fingerprint density at radius 2 is 1.95 bits per heavy atom. The van der Waals surface area contributed by atoms with Gasteiger partial charge >= 0.3 is 0 Å². The maximum absolute atomic E-state index is 5.80. The van der Waals surface area contributed by atoms with Crippen LogP contribution in [-0.4, -0.2) is 21.4 Å². The molecule has 22 heavy (non-hydrogen) atoms. The van der Waals surface area contributed by atoms with E-state index in [-0.39, 0.29) is 0 Å². The SMILES string of the molecule is Cn1cc(-c2cccc3c2CCCO3)c(-c2ccncc2)n1. The zero-order valence-corrected chi connectivity index (χ0v) is 12.5. The van der Waals surface area contributed by atoms with Crippen LogP contribution in [0.5, 0.6) is 5.75 Å². The summed E-state index contributed by atoms with van der Waals surface area (Å²) in [6.45, 7) is 0.806.